The first-order valence-corrected chi connectivity index (χ1v) is 13.3. The van der Waals surface area contributed by atoms with Crippen LogP contribution in [0.2, 0.25) is 0 Å². The van der Waals surface area contributed by atoms with Gasteiger partial charge in [0.1, 0.15) is 23.0 Å². The van der Waals surface area contributed by atoms with E-state index in [9.17, 15) is 4.21 Å². The number of allylic oxidation sites excluding steroid dienone is 1. The third-order valence-corrected chi connectivity index (χ3v) is 8.50. The fraction of sp³-hybridized carbons (Fsp3) is 0.500. The van der Waals surface area contributed by atoms with Crippen LogP contribution < -0.4 is 5.32 Å². The van der Waals surface area contributed by atoms with Gasteiger partial charge in [-0.3, -0.25) is 4.21 Å². The van der Waals surface area contributed by atoms with Crippen LogP contribution in [0.25, 0.3) is 11.0 Å². The first-order chi connectivity index (χ1) is 16.1. The van der Waals surface area contributed by atoms with Crippen molar-refractivity contribution in [3.8, 4) is 0 Å². The Morgan fingerprint density at radius 2 is 1.94 bits per heavy atom. The van der Waals surface area contributed by atoms with Crippen molar-refractivity contribution in [2.45, 2.75) is 51.0 Å². The molecule has 3 aliphatic rings. The van der Waals surface area contributed by atoms with Crippen molar-refractivity contribution in [2.75, 3.05) is 32.1 Å². The third-order valence-electron chi connectivity index (χ3n) is 6.99. The highest BCUT2D eigenvalue weighted by Crippen LogP contribution is 2.33. The van der Waals surface area contributed by atoms with Crippen molar-refractivity contribution in [1.82, 2.24) is 10.2 Å². The van der Waals surface area contributed by atoms with Crippen molar-refractivity contribution < 1.29 is 13.4 Å². The van der Waals surface area contributed by atoms with Gasteiger partial charge in [-0.15, -0.1) is 0 Å². The highest BCUT2D eigenvalue weighted by Gasteiger charge is 2.28. The number of ether oxygens (including phenoxy) is 1. The lowest BCUT2D eigenvalue weighted by Crippen LogP contribution is -2.38. The number of likely N-dealkylation sites (tertiary alicyclic amines) is 1. The number of para-hydroxylation sites is 1. The van der Waals surface area contributed by atoms with E-state index in [-0.39, 0.29) is 0 Å². The zero-order valence-electron chi connectivity index (χ0n) is 19.3. The Bertz CT molecular complexity index is 1050. The van der Waals surface area contributed by atoms with Crippen LogP contribution in [0.5, 0.6) is 0 Å². The second-order valence-electron chi connectivity index (χ2n) is 9.22. The molecule has 0 radical (unpaired) electrons. The van der Waals surface area contributed by atoms with Crippen LogP contribution >= 0.6 is 0 Å². The molecule has 176 valence electrons. The van der Waals surface area contributed by atoms with Crippen LogP contribution in [0.4, 0.5) is 0 Å². The first kappa shape index (κ1) is 22.4. The van der Waals surface area contributed by atoms with Gasteiger partial charge in [-0.25, -0.2) is 4.99 Å². The second kappa shape index (κ2) is 9.85. The summed E-state index contributed by atoms with van der Waals surface area (Å²) in [6.07, 6.45) is 4.72. The molecule has 1 aromatic heterocycles. The van der Waals surface area contributed by atoms with Gasteiger partial charge in [0.05, 0.1) is 15.7 Å². The van der Waals surface area contributed by atoms with Crippen molar-refractivity contribution in [1.29, 1.82) is 0 Å². The molecule has 1 aromatic carbocycles. The zero-order chi connectivity index (χ0) is 22.8. The molecule has 2 aromatic rings. The molecule has 7 heteroatoms. The molecule has 0 bridgehead atoms. The Hall–Kier alpha value is -2.38. The molecule has 0 amide bonds. The van der Waals surface area contributed by atoms with Gasteiger partial charge in [-0.1, -0.05) is 24.8 Å². The van der Waals surface area contributed by atoms with Crippen LogP contribution in [0.3, 0.4) is 0 Å². The van der Waals surface area contributed by atoms with Gasteiger partial charge in [0, 0.05) is 49.4 Å². The predicted octanol–water partition coefficient (Wildman–Crippen LogP) is 4.68. The minimum absolute atomic E-state index is 0.294. The molecule has 6 nitrogen and oxygen atoms in total. The van der Waals surface area contributed by atoms with Gasteiger partial charge in [-0.05, 0) is 56.7 Å². The van der Waals surface area contributed by atoms with Crippen LogP contribution in [0.15, 0.2) is 62.6 Å². The minimum Gasteiger partial charge on any atom is -0.461 e. The summed E-state index contributed by atoms with van der Waals surface area (Å²) >= 11 is 0. The summed E-state index contributed by atoms with van der Waals surface area (Å²) in [6.45, 7) is 9.60. The predicted molar refractivity (Wildman–Crippen MR) is 134 cm³/mol. The number of piperidine rings is 1. The van der Waals surface area contributed by atoms with E-state index >= 15 is 0 Å². The van der Waals surface area contributed by atoms with Crippen LogP contribution in [0.1, 0.15) is 50.7 Å². The molecular weight excluding hydrogens is 434 g/mol. The molecule has 1 atom stereocenters. The number of amidine groups is 1. The maximum atomic E-state index is 12.7. The van der Waals surface area contributed by atoms with E-state index in [0.29, 0.717) is 17.7 Å². The van der Waals surface area contributed by atoms with Crippen molar-refractivity contribution >= 4 is 27.6 Å². The third kappa shape index (κ3) is 4.94. The summed E-state index contributed by atoms with van der Waals surface area (Å²) in [4.78, 5) is 8.15. The van der Waals surface area contributed by atoms with Gasteiger partial charge in [0.15, 0.2) is 0 Å². The van der Waals surface area contributed by atoms with E-state index in [2.05, 4.69) is 41.9 Å². The van der Waals surface area contributed by atoms with Crippen LogP contribution in [-0.2, 0) is 15.5 Å². The number of furan rings is 1. The number of nitrogens with zero attached hydrogens (tertiary/aromatic N) is 2. The quantitative estimate of drug-likeness (QED) is 0.523. The second-order valence-corrected chi connectivity index (χ2v) is 10.7. The number of fused-ring (bicyclic) bond motifs is 1. The SMILES string of the molecule is C=C1CCS(=O)/C1=C(/N=C(C)N1CCC(c2cc3ccccc3o2)CC1)NC1CCOCC1. The Labute approximate surface area is 198 Å². The number of benzene rings is 1. The molecule has 0 spiro atoms. The molecular formula is C26H33N3O3S. The summed E-state index contributed by atoms with van der Waals surface area (Å²) in [6, 6.07) is 10.7. The van der Waals surface area contributed by atoms with E-state index in [1.165, 1.54) is 5.39 Å². The van der Waals surface area contributed by atoms with Gasteiger partial charge < -0.3 is 19.4 Å². The first-order valence-electron chi connectivity index (χ1n) is 12.0. The zero-order valence-corrected chi connectivity index (χ0v) is 20.2. The van der Waals surface area contributed by atoms with E-state index in [4.69, 9.17) is 14.1 Å². The van der Waals surface area contributed by atoms with Crippen LogP contribution in [0, 0.1) is 0 Å². The van der Waals surface area contributed by atoms with Crippen molar-refractivity contribution in [3.05, 3.63) is 59.0 Å². The number of hydrogen-bond donors (Lipinski definition) is 1. The van der Waals surface area contributed by atoms with Crippen molar-refractivity contribution in [2.24, 2.45) is 4.99 Å². The summed E-state index contributed by atoms with van der Waals surface area (Å²) in [5.41, 5.74) is 1.91. The van der Waals surface area contributed by atoms with Gasteiger partial charge in [-0.2, -0.15) is 0 Å². The summed E-state index contributed by atoms with van der Waals surface area (Å²) in [5.74, 6) is 3.88. The molecule has 1 unspecified atom stereocenters. The van der Waals surface area contributed by atoms with E-state index in [0.717, 1.165) is 91.9 Å². The normalized spacial score (nSPS) is 25.1. The number of nitrogens with one attached hydrogen (secondary N) is 1. The molecule has 3 fully saturated rings. The molecule has 1 N–H and O–H groups in total. The Kier molecular flexibility index (Phi) is 6.69. The molecule has 5 rings (SSSR count). The monoisotopic (exact) mass is 467 g/mol. The lowest BCUT2D eigenvalue weighted by molar-refractivity contribution is 0.0803. The highest BCUT2D eigenvalue weighted by molar-refractivity contribution is 7.89. The molecule has 0 saturated carbocycles. The smallest absolute Gasteiger partial charge is 0.144 e. The fourth-order valence-electron chi connectivity index (χ4n) is 4.98. The average molecular weight is 468 g/mol. The van der Waals surface area contributed by atoms with E-state index in [1.54, 1.807) is 0 Å². The number of rotatable bonds is 4. The maximum Gasteiger partial charge on any atom is 0.144 e. The average Bonchev–Trinajstić information content (AvgIpc) is 3.42. The van der Waals surface area contributed by atoms with Crippen LogP contribution in [-0.4, -0.2) is 53.0 Å². The van der Waals surface area contributed by atoms with E-state index in [1.807, 2.05) is 12.1 Å². The Morgan fingerprint density at radius 1 is 1.18 bits per heavy atom. The number of hydrogen-bond acceptors (Lipinski definition) is 5. The minimum atomic E-state index is -1.04. The lowest BCUT2D eigenvalue weighted by atomic mass is 9.94. The van der Waals surface area contributed by atoms with Gasteiger partial charge >= 0.3 is 0 Å². The summed E-state index contributed by atoms with van der Waals surface area (Å²) in [5, 5.41) is 4.77. The largest absolute Gasteiger partial charge is 0.461 e. The molecule has 0 aliphatic carbocycles. The topological polar surface area (TPSA) is 67.1 Å². The van der Waals surface area contributed by atoms with Gasteiger partial charge in [0.25, 0.3) is 0 Å². The Balaban J connectivity index is 1.31. The molecule has 3 aliphatic heterocycles. The summed E-state index contributed by atoms with van der Waals surface area (Å²) < 4.78 is 24.4. The molecule has 3 saturated heterocycles. The summed E-state index contributed by atoms with van der Waals surface area (Å²) in [7, 11) is -1.04. The molecule has 4 heterocycles. The number of aliphatic imine (C=N–C) groups is 1. The Morgan fingerprint density at radius 3 is 2.64 bits per heavy atom. The fourth-order valence-corrected chi connectivity index (χ4v) is 6.36. The van der Waals surface area contributed by atoms with E-state index < -0.39 is 10.8 Å². The molecule has 33 heavy (non-hydrogen) atoms. The maximum absolute atomic E-state index is 12.7. The standard InChI is InChI=1S/C26H33N3O3S/c1-18-11-16-33(30)25(18)26(28-22-9-14-31-15-10-22)27-19(2)29-12-7-20(8-13-29)24-17-21-5-3-4-6-23(21)32-24/h3-6,17,20,22,28H,1,7-16H2,2H3/b26-25-,27-19?. The van der Waals surface area contributed by atoms with Gasteiger partial charge in [0.2, 0.25) is 0 Å². The lowest BCUT2D eigenvalue weighted by Gasteiger charge is -2.33. The highest BCUT2D eigenvalue weighted by atomic mass is 32.2. The van der Waals surface area contributed by atoms with Crippen molar-refractivity contribution in [3.63, 3.8) is 0 Å².